The third-order valence-corrected chi connectivity index (χ3v) is 4.52. The first-order valence-electron chi connectivity index (χ1n) is 8.31. The predicted octanol–water partition coefficient (Wildman–Crippen LogP) is 5.52. The van der Waals surface area contributed by atoms with Crippen LogP contribution in [0, 0.1) is 0 Å². The summed E-state index contributed by atoms with van der Waals surface area (Å²) in [4.78, 5) is 23.9. The van der Waals surface area contributed by atoms with Gasteiger partial charge in [-0.05, 0) is 53.6 Å². The fourth-order valence-corrected chi connectivity index (χ4v) is 3.02. The van der Waals surface area contributed by atoms with Gasteiger partial charge in [0.15, 0.2) is 0 Å². The molecule has 0 aliphatic heterocycles. The first-order chi connectivity index (χ1) is 13.4. The van der Waals surface area contributed by atoms with Gasteiger partial charge in [0.05, 0.1) is 0 Å². The molecule has 0 radical (unpaired) electrons. The lowest BCUT2D eigenvalue weighted by molar-refractivity contribution is -0.132. The fourth-order valence-electron chi connectivity index (χ4n) is 2.62. The van der Waals surface area contributed by atoms with Gasteiger partial charge in [-0.15, -0.1) is 0 Å². The number of halogens is 2. The molecule has 0 aliphatic carbocycles. The summed E-state index contributed by atoms with van der Waals surface area (Å²) in [5, 5.41) is 13.0. The molecule has 1 amide bonds. The van der Waals surface area contributed by atoms with E-state index in [1.54, 1.807) is 66.7 Å². The van der Waals surface area contributed by atoms with E-state index in [0.717, 1.165) is 11.1 Å². The maximum atomic E-state index is 12.3. The molecule has 140 valence electrons. The monoisotopic (exact) mass is 411 g/mol. The Morgan fingerprint density at radius 3 is 2.36 bits per heavy atom. The molecular formula is C22H15Cl2NO3. The molecule has 0 spiro atoms. The topological polar surface area (TPSA) is 66.4 Å². The molecule has 2 N–H and O–H groups in total. The third-order valence-electron chi connectivity index (χ3n) is 3.95. The lowest BCUT2D eigenvalue weighted by Gasteiger charge is -2.08. The van der Waals surface area contributed by atoms with Crippen LogP contribution in [0.1, 0.15) is 15.9 Å². The molecule has 0 fully saturated rings. The fraction of sp³-hybridized carbons (Fsp3) is 0. The number of aliphatic carboxylic acids is 1. The van der Waals surface area contributed by atoms with Crippen LogP contribution in [0.2, 0.25) is 10.0 Å². The van der Waals surface area contributed by atoms with Gasteiger partial charge in [0.25, 0.3) is 5.91 Å². The van der Waals surface area contributed by atoms with E-state index in [2.05, 4.69) is 5.32 Å². The van der Waals surface area contributed by atoms with Gasteiger partial charge in [0.1, 0.15) is 5.70 Å². The highest BCUT2D eigenvalue weighted by molar-refractivity contribution is 6.35. The second kappa shape index (κ2) is 8.74. The first-order valence-corrected chi connectivity index (χ1v) is 9.06. The van der Waals surface area contributed by atoms with Crippen LogP contribution in [0.25, 0.3) is 17.2 Å². The Kier molecular flexibility index (Phi) is 6.14. The Morgan fingerprint density at radius 1 is 0.893 bits per heavy atom. The molecule has 0 saturated carbocycles. The smallest absolute Gasteiger partial charge is 0.352 e. The molecular weight excluding hydrogens is 397 g/mol. The van der Waals surface area contributed by atoms with Crippen LogP contribution in [0.3, 0.4) is 0 Å². The zero-order chi connectivity index (χ0) is 20.1. The van der Waals surface area contributed by atoms with E-state index in [1.807, 2.05) is 6.07 Å². The van der Waals surface area contributed by atoms with Crippen LogP contribution >= 0.6 is 23.2 Å². The van der Waals surface area contributed by atoms with Crippen molar-refractivity contribution in [3.05, 3.63) is 99.7 Å². The molecule has 0 unspecified atom stereocenters. The molecule has 6 heteroatoms. The molecule has 3 rings (SSSR count). The number of benzene rings is 3. The number of carbonyl (C=O) groups is 2. The molecule has 28 heavy (non-hydrogen) atoms. The summed E-state index contributed by atoms with van der Waals surface area (Å²) in [6.45, 7) is 0. The Bertz CT molecular complexity index is 1060. The third kappa shape index (κ3) is 4.80. The van der Waals surface area contributed by atoms with Crippen LogP contribution in [0.5, 0.6) is 0 Å². The van der Waals surface area contributed by atoms with Gasteiger partial charge < -0.3 is 10.4 Å². The summed E-state index contributed by atoms with van der Waals surface area (Å²) < 4.78 is 0. The van der Waals surface area contributed by atoms with Crippen molar-refractivity contribution < 1.29 is 14.7 Å². The average molecular weight is 412 g/mol. The van der Waals surface area contributed by atoms with Gasteiger partial charge in [-0.3, -0.25) is 4.79 Å². The maximum Gasteiger partial charge on any atom is 0.352 e. The van der Waals surface area contributed by atoms with E-state index in [0.29, 0.717) is 21.2 Å². The Morgan fingerprint density at radius 2 is 1.64 bits per heavy atom. The van der Waals surface area contributed by atoms with Crippen molar-refractivity contribution in [2.75, 3.05) is 0 Å². The molecule has 0 aliphatic rings. The van der Waals surface area contributed by atoms with Gasteiger partial charge in [0, 0.05) is 21.2 Å². The second-order valence-corrected chi connectivity index (χ2v) is 6.78. The zero-order valence-corrected chi connectivity index (χ0v) is 16.0. The van der Waals surface area contributed by atoms with Gasteiger partial charge >= 0.3 is 5.97 Å². The van der Waals surface area contributed by atoms with Crippen LogP contribution in [-0.4, -0.2) is 17.0 Å². The number of nitrogens with one attached hydrogen (secondary N) is 1. The van der Waals surface area contributed by atoms with E-state index in [4.69, 9.17) is 23.2 Å². The van der Waals surface area contributed by atoms with Crippen molar-refractivity contribution in [2.24, 2.45) is 0 Å². The maximum absolute atomic E-state index is 12.3. The van der Waals surface area contributed by atoms with Crippen molar-refractivity contribution in [3.63, 3.8) is 0 Å². The minimum Gasteiger partial charge on any atom is -0.477 e. The zero-order valence-electron chi connectivity index (χ0n) is 14.5. The minimum atomic E-state index is -1.24. The van der Waals surface area contributed by atoms with E-state index in [-0.39, 0.29) is 5.70 Å². The number of hydrogen-bond acceptors (Lipinski definition) is 2. The molecule has 4 nitrogen and oxygen atoms in total. The summed E-state index contributed by atoms with van der Waals surface area (Å²) in [6, 6.07) is 20.7. The first kappa shape index (κ1) is 19.7. The standard InChI is InChI=1S/C22H15Cl2NO3/c23-17-9-10-19(24)18(13-17)16-8-4-5-14(11-16)12-20(22(27)28)25-21(26)15-6-2-1-3-7-15/h1-13H,(H,25,26)(H,27,28). The SMILES string of the molecule is O=C(O)C(=Cc1cccc(-c2cc(Cl)ccc2Cl)c1)NC(=O)c1ccccc1. The predicted molar refractivity (Wildman–Crippen MR) is 111 cm³/mol. The Labute approximate surface area is 172 Å². The highest BCUT2D eigenvalue weighted by Crippen LogP contribution is 2.31. The number of amides is 1. The molecule has 0 aromatic heterocycles. The molecule has 3 aromatic rings. The van der Waals surface area contributed by atoms with Gasteiger partial charge in [-0.2, -0.15) is 0 Å². The Balaban J connectivity index is 1.92. The summed E-state index contributed by atoms with van der Waals surface area (Å²) in [6.07, 6.45) is 1.39. The second-order valence-electron chi connectivity index (χ2n) is 5.93. The number of hydrogen-bond donors (Lipinski definition) is 2. The number of rotatable bonds is 5. The minimum absolute atomic E-state index is 0.233. The molecule has 0 heterocycles. The average Bonchev–Trinajstić information content (AvgIpc) is 2.70. The quantitative estimate of drug-likeness (QED) is 0.543. The summed E-state index contributed by atoms with van der Waals surface area (Å²) in [5.41, 5.74) is 2.24. The molecule has 3 aromatic carbocycles. The van der Waals surface area contributed by atoms with Gasteiger partial charge in [-0.25, -0.2) is 4.79 Å². The van der Waals surface area contributed by atoms with E-state index >= 15 is 0 Å². The number of carboxylic acid groups (broad SMARTS) is 1. The number of carbonyl (C=O) groups excluding carboxylic acids is 1. The summed E-state index contributed by atoms with van der Waals surface area (Å²) in [5.74, 6) is -1.74. The van der Waals surface area contributed by atoms with E-state index in [1.165, 1.54) is 6.08 Å². The van der Waals surface area contributed by atoms with E-state index in [9.17, 15) is 14.7 Å². The van der Waals surface area contributed by atoms with Crippen molar-refractivity contribution in [2.45, 2.75) is 0 Å². The lowest BCUT2D eigenvalue weighted by Crippen LogP contribution is -2.27. The highest BCUT2D eigenvalue weighted by Gasteiger charge is 2.13. The highest BCUT2D eigenvalue weighted by atomic mass is 35.5. The molecule has 0 saturated heterocycles. The van der Waals surface area contributed by atoms with Crippen molar-refractivity contribution in [3.8, 4) is 11.1 Å². The molecule has 0 atom stereocenters. The lowest BCUT2D eigenvalue weighted by atomic mass is 10.0. The summed E-state index contributed by atoms with van der Waals surface area (Å²) >= 11 is 12.3. The molecule has 0 bridgehead atoms. The van der Waals surface area contributed by atoms with Crippen molar-refractivity contribution >= 4 is 41.2 Å². The largest absolute Gasteiger partial charge is 0.477 e. The number of carboxylic acids is 1. The van der Waals surface area contributed by atoms with Crippen LogP contribution in [0.15, 0.2) is 78.5 Å². The van der Waals surface area contributed by atoms with Crippen molar-refractivity contribution in [1.29, 1.82) is 0 Å². The van der Waals surface area contributed by atoms with Crippen LogP contribution in [0.4, 0.5) is 0 Å². The summed E-state index contributed by atoms with van der Waals surface area (Å²) in [7, 11) is 0. The van der Waals surface area contributed by atoms with Crippen molar-refractivity contribution in [1.82, 2.24) is 5.32 Å². The van der Waals surface area contributed by atoms with E-state index < -0.39 is 11.9 Å². The Hall–Kier alpha value is -3.08. The van der Waals surface area contributed by atoms with Gasteiger partial charge in [0.2, 0.25) is 0 Å². The van der Waals surface area contributed by atoms with Crippen LogP contribution in [-0.2, 0) is 4.79 Å². The normalized spacial score (nSPS) is 11.1. The van der Waals surface area contributed by atoms with Crippen LogP contribution < -0.4 is 5.32 Å². The van der Waals surface area contributed by atoms with Gasteiger partial charge in [-0.1, -0.05) is 59.6 Å².